The van der Waals surface area contributed by atoms with Crippen LogP contribution in [0.5, 0.6) is 0 Å². The standard InChI is InChI=1S/C26H24F3N5O3S/c1-31-23(35)15-14-22-24(18-8-12-21(13-9-18)34-38(30,36)37)25(33-32-22)19-4-2-16(3-5-19)17-6-10-20(11-7-17)26(27,28)29/h2-13,34H,14-15H2,1H3,(H,31,35)(H,32,33)(H2,30,36,37). The number of nitrogens with two attached hydrogens (primary N) is 1. The Balaban J connectivity index is 1.68. The SMILES string of the molecule is CNC(=O)CCc1[nH]nc(-c2ccc(-c3ccc(C(F)(F)F)cc3)cc2)c1-c1ccc(NS(N)(=O)=O)cc1. The topological polar surface area (TPSA) is 130 Å². The molecule has 4 rings (SSSR count). The second kappa shape index (κ2) is 10.7. The molecule has 1 heterocycles. The fourth-order valence-electron chi connectivity index (χ4n) is 3.98. The molecule has 3 aromatic carbocycles. The number of alkyl halides is 3. The summed E-state index contributed by atoms with van der Waals surface area (Å²) < 4.78 is 63.6. The van der Waals surface area contributed by atoms with Crippen molar-refractivity contribution in [2.45, 2.75) is 19.0 Å². The summed E-state index contributed by atoms with van der Waals surface area (Å²) in [5, 5.41) is 15.1. The number of amides is 1. The number of H-pyrrole nitrogens is 1. The van der Waals surface area contributed by atoms with Crippen molar-refractivity contribution in [3.63, 3.8) is 0 Å². The van der Waals surface area contributed by atoms with Gasteiger partial charge >= 0.3 is 6.18 Å². The summed E-state index contributed by atoms with van der Waals surface area (Å²) in [6, 6.07) is 18.7. The van der Waals surface area contributed by atoms with Crippen molar-refractivity contribution in [2.24, 2.45) is 5.14 Å². The highest BCUT2D eigenvalue weighted by atomic mass is 32.2. The number of nitrogens with zero attached hydrogens (tertiary/aromatic N) is 1. The molecule has 0 fully saturated rings. The predicted molar refractivity (Wildman–Crippen MR) is 139 cm³/mol. The number of carbonyl (C=O) groups is 1. The van der Waals surface area contributed by atoms with Gasteiger partial charge < -0.3 is 5.32 Å². The maximum atomic E-state index is 12.9. The zero-order valence-corrected chi connectivity index (χ0v) is 21.0. The normalized spacial score (nSPS) is 11.8. The van der Waals surface area contributed by atoms with Crippen LogP contribution in [0.4, 0.5) is 18.9 Å². The van der Waals surface area contributed by atoms with Crippen molar-refractivity contribution in [1.29, 1.82) is 0 Å². The van der Waals surface area contributed by atoms with Crippen molar-refractivity contribution in [3.8, 4) is 33.5 Å². The summed E-state index contributed by atoms with van der Waals surface area (Å²) >= 11 is 0. The van der Waals surface area contributed by atoms with Gasteiger partial charge in [-0.05, 0) is 47.4 Å². The highest BCUT2D eigenvalue weighted by Gasteiger charge is 2.30. The van der Waals surface area contributed by atoms with E-state index in [2.05, 4.69) is 20.2 Å². The third-order valence-corrected chi connectivity index (χ3v) is 6.38. The number of aryl methyl sites for hydroxylation is 1. The Hall–Kier alpha value is -4.16. The average molecular weight is 544 g/mol. The van der Waals surface area contributed by atoms with Crippen LogP contribution in [0.3, 0.4) is 0 Å². The molecule has 4 aromatic rings. The molecule has 0 saturated heterocycles. The highest BCUT2D eigenvalue weighted by Crippen LogP contribution is 2.36. The minimum Gasteiger partial charge on any atom is -0.359 e. The van der Waals surface area contributed by atoms with Gasteiger partial charge in [0, 0.05) is 36.0 Å². The highest BCUT2D eigenvalue weighted by molar-refractivity contribution is 7.90. The summed E-state index contributed by atoms with van der Waals surface area (Å²) in [5.41, 5.74) is 4.46. The Morgan fingerprint density at radius 3 is 1.95 bits per heavy atom. The number of aromatic amines is 1. The van der Waals surface area contributed by atoms with E-state index in [0.717, 1.165) is 34.4 Å². The second-order valence-electron chi connectivity index (χ2n) is 8.48. The monoisotopic (exact) mass is 543 g/mol. The maximum Gasteiger partial charge on any atom is 0.416 e. The van der Waals surface area contributed by atoms with Crippen LogP contribution in [-0.2, 0) is 27.6 Å². The Kier molecular flexibility index (Phi) is 7.56. The molecule has 0 spiro atoms. The van der Waals surface area contributed by atoms with Gasteiger partial charge in [-0.1, -0.05) is 48.5 Å². The van der Waals surface area contributed by atoms with E-state index in [1.54, 1.807) is 43.4 Å². The molecule has 0 atom stereocenters. The van der Waals surface area contributed by atoms with Gasteiger partial charge in [0.1, 0.15) is 5.69 Å². The number of hydrogen-bond acceptors (Lipinski definition) is 4. The van der Waals surface area contributed by atoms with E-state index >= 15 is 0 Å². The number of anilines is 1. The van der Waals surface area contributed by atoms with Gasteiger partial charge in [0.15, 0.2) is 0 Å². The smallest absolute Gasteiger partial charge is 0.359 e. The molecule has 0 bridgehead atoms. The molecule has 8 nitrogen and oxygen atoms in total. The number of hydrogen-bond donors (Lipinski definition) is 4. The van der Waals surface area contributed by atoms with E-state index < -0.39 is 21.9 Å². The zero-order valence-electron chi connectivity index (χ0n) is 20.1. The van der Waals surface area contributed by atoms with Gasteiger partial charge in [0.05, 0.1) is 5.56 Å². The molecule has 5 N–H and O–H groups in total. The molecule has 12 heteroatoms. The van der Waals surface area contributed by atoms with E-state index in [1.807, 2.05) is 12.1 Å². The van der Waals surface area contributed by atoms with Gasteiger partial charge in [0.25, 0.3) is 10.2 Å². The second-order valence-corrected chi connectivity index (χ2v) is 9.77. The van der Waals surface area contributed by atoms with E-state index in [1.165, 1.54) is 12.1 Å². The number of benzene rings is 3. The number of aromatic nitrogens is 2. The Labute approximate surface area is 217 Å². The fraction of sp³-hybridized carbons (Fsp3) is 0.154. The first-order chi connectivity index (χ1) is 17.9. The van der Waals surface area contributed by atoms with Crippen molar-refractivity contribution in [1.82, 2.24) is 15.5 Å². The fourth-order valence-corrected chi connectivity index (χ4v) is 4.45. The minimum atomic E-state index is -4.40. The molecule has 1 amide bonds. The van der Waals surface area contributed by atoms with E-state index in [4.69, 9.17) is 5.14 Å². The first kappa shape index (κ1) is 26.9. The summed E-state index contributed by atoms with van der Waals surface area (Å²) in [7, 11) is -2.38. The first-order valence-corrected chi connectivity index (χ1v) is 13.0. The minimum absolute atomic E-state index is 0.138. The van der Waals surface area contributed by atoms with Crippen LogP contribution >= 0.6 is 0 Å². The molecule has 198 valence electrons. The Morgan fingerprint density at radius 1 is 0.895 bits per heavy atom. The van der Waals surface area contributed by atoms with E-state index in [0.29, 0.717) is 23.4 Å². The van der Waals surface area contributed by atoms with Crippen LogP contribution in [0.1, 0.15) is 17.7 Å². The predicted octanol–water partition coefficient (Wildman–Crippen LogP) is 4.72. The lowest BCUT2D eigenvalue weighted by Crippen LogP contribution is -2.21. The Morgan fingerprint density at radius 2 is 1.42 bits per heavy atom. The van der Waals surface area contributed by atoms with Crippen LogP contribution in [0, 0.1) is 0 Å². The lowest BCUT2D eigenvalue weighted by molar-refractivity contribution is -0.137. The molecule has 38 heavy (non-hydrogen) atoms. The van der Waals surface area contributed by atoms with Crippen LogP contribution in [0.2, 0.25) is 0 Å². The van der Waals surface area contributed by atoms with Gasteiger partial charge in [-0.25, -0.2) is 5.14 Å². The van der Waals surface area contributed by atoms with Crippen molar-refractivity contribution in [2.75, 3.05) is 11.8 Å². The summed E-state index contributed by atoms with van der Waals surface area (Å²) in [6.45, 7) is 0. The number of nitrogens with one attached hydrogen (secondary N) is 3. The summed E-state index contributed by atoms with van der Waals surface area (Å²) in [6.07, 6.45) is -3.80. The van der Waals surface area contributed by atoms with Gasteiger partial charge in [0.2, 0.25) is 5.91 Å². The molecule has 0 aliphatic rings. The van der Waals surface area contributed by atoms with E-state index in [-0.39, 0.29) is 18.0 Å². The molecular formula is C26H24F3N5O3S. The Bertz CT molecular complexity index is 1530. The lowest BCUT2D eigenvalue weighted by atomic mass is 9.95. The lowest BCUT2D eigenvalue weighted by Gasteiger charge is -2.10. The average Bonchev–Trinajstić information content (AvgIpc) is 3.30. The molecule has 0 aliphatic heterocycles. The summed E-state index contributed by atoms with van der Waals surface area (Å²) in [5.74, 6) is -0.138. The maximum absolute atomic E-state index is 12.9. The number of carbonyl (C=O) groups excluding carboxylic acids is 1. The molecule has 0 unspecified atom stereocenters. The van der Waals surface area contributed by atoms with Crippen LogP contribution in [-0.4, -0.2) is 31.6 Å². The number of halogens is 3. The van der Waals surface area contributed by atoms with Crippen LogP contribution in [0.15, 0.2) is 72.8 Å². The quantitative estimate of drug-likeness (QED) is 0.256. The van der Waals surface area contributed by atoms with Crippen molar-refractivity contribution < 1.29 is 26.4 Å². The third kappa shape index (κ3) is 6.39. The zero-order chi connectivity index (χ0) is 27.5. The molecule has 0 aliphatic carbocycles. The van der Waals surface area contributed by atoms with Gasteiger partial charge in [-0.3, -0.25) is 14.6 Å². The van der Waals surface area contributed by atoms with Crippen molar-refractivity contribution >= 4 is 21.8 Å². The van der Waals surface area contributed by atoms with Crippen LogP contribution < -0.4 is 15.2 Å². The van der Waals surface area contributed by atoms with Gasteiger partial charge in [-0.15, -0.1) is 0 Å². The first-order valence-electron chi connectivity index (χ1n) is 11.4. The molecule has 1 aromatic heterocycles. The van der Waals surface area contributed by atoms with Crippen LogP contribution in [0.25, 0.3) is 33.5 Å². The molecule has 0 radical (unpaired) electrons. The molecular weight excluding hydrogens is 519 g/mol. The van der Waals surface area contributed by atoms with E-state index in [9.17, 15) is 26.4 Å². The van der Waals surface area contributed by atoms with Gasteiger partial charge in [-0.2, -0.15) is 26.7 Å². The third-order valence-electron chi connectivity index (χ3n) is 5.86. The number of rotatable bonds is 8. The molecule has 0 saturated carbocycles. The van der Waals surface area contributed by atoms with Crippen molar-refractivity contribution in [3.05, 3.63) is 84.1 Å². The summed E-state index contributed by atoms with van der Waals surface area (Å²) in [4.78, 5) is 11.9. The largest absolute Gasteiger partial charge is 0.416 e.